The first-order chi connectivity index (χ1) is 5.83. The summed E-state index contributed by atoms with van der Waals surface area (Å²) in [6.07, 6.45) is 0. The molecule has 0 saturated heterocycles. The Labute approximate surface area is 87.9 Å². The second kappa shape index (κ2) is 3.18. The van der Waals surface area contributed by atoms with E-state index in [2.05, 4.69) is 33.0 Å². The zero-order valence-corrected chi connectivity index (χ0v) is 9.35. The molecule has 0 aliphatic heterocycles. The number of hydrogen-bond donors (Lipinski definition) is 0. The Hall–Kier alpha value is -0.360. The van der Waals surface area contributed by atoms with Gasteiger partial charge in [0.1, 0.15) is 9.45 Å². The average molecular weight is 291 g/mol. The van der Waals surface area contributed by atoms with Crippen LogP contribution in [0.3, 0.4) is 0 Å². The van der Waals surface area contributed by atoms with Crippen LogP contribution in [0.25, 0.3) is 10.1 Å². The molecular formula is C8H6INOS. The minimum absolute atomic E-state index is 0.908. The third kappa shape index (κ3) is 1.19. The van der Waals surface area contributed by atoms with Crippen molar-refractivity contribution in [2.24, 2.45) is 0 Å². The molecule has 4 heteroatoms. The highest BCUT2D eigenvalue weighted by Gasteiger charge is 2.07. The molecule has 0 unspecified atom stereocenters. The molecule has 0 saturated carbocycles. The summed E-state index contributed by atoms with van der Waals surface area (Å²) in [5.41, 5.74) is 0. The van der Waals surface area contributed by atoms with Gasteiger partial charge < -0.3 is 4.74 Å². The number of nitrogens with zero attached hydrogens (tertiary/aromatic N) is 1. The summed E-state index contributed by atoms with van der Waals surface area (Å²) in [5, 5.41) is 1.13. The molecule has 0 atom stereocenters. The number of benzene rings is 1. The van der Waals surface area contributed by atoms with E-state index in [1.165, 1.54) is 16.2 Å². The number of halogens is 1. The fourth-order valence-electron chi connectivity index (χ4n) is 1.10. The molecule has 0 N–H and O–H groups in total. The van der Waals surface area contributed by atoms with Crippen LogP contribution in [0.5, 0.6) is 5.75 Å². The highest BCUT2D eigenvalue weighted by Crippen LogP contribution is 2.31. The minimum Gasteiger partial charge on any atom is -0.496 e. The van der Waals surface area contributed by atoms with Crippen molar-refractivity contribution < 1.29 is 4.74 Å². The number of fused-ring (bicyclic) bond motifs is 1. The van der Waals surface area contributed by atoms with Crippen LogP contribution in [0.4, 0.5) is 0 Å². The van der Waals surface area contributed by atoms with Gasteiger partial charge in [0.15, 0.2) is 0 Å². The Morgan fingerprint density at radius 1 is 1.50 bits per heavy atom. The zero-order valence-electron chi connectivity index (χ0n) is 6.37. The second-order valence-electron chi connectivity index (χ2n) is 2.31. The maximum atomic E-state index is 5.23. The van der Waals surface area contributed by atoms with Gasteiger partial charge in [-0.3, -0.25) is 0 Å². The quantitative estimate of drug-likeness (QED) is 0.754. The lowest BCUT2D eigenvalue weighted by molar-refractivity contribution is 0.419. The summed E-state index contributed by atoms with van der Waals surface area (Å²) in [6, 6.07) is 5.99. The van der Waals surface area contributed by atoms with Crippen LogP contribution in [0.1, 0.15) is 0 Å². The first kappa shape index (κ1) is 8.25. The lowest BCUT2D eigenvalue weighted by Gasteiger charge is -1.99. The Bertz CT molecular complexity index is 412. The van der Waals surface area contributed by atoms with E-state index >= 15 is 0 Å². The molecule has 0 amide bonds. The van der Waals surface area contributed by atoms with E-state index in [0.29, 0.717) is 0 Å². The van der Waals surface area contributed by atoms with Crippen molar-refractivity contribution in [1.82, 2.24) is 4.37 Å². The molecule has 0 spiro atoms. The van der Waals surface area contributed by atoms with E-state index in [0.717, 1.165) is 14.8 Å². The van der Waals surface area contributed by atoms with Gasteiger partial charge in [0.2, 0.25) is 0 Å². The van der Waals surface area contributed by atoms with Gasteiger partial charge in [-0.25, -0.2) is 0 Å². The topological polar surface area (TPSA) is 22.1 Å². The number of methoxy groups -OCH3 is 1. The largest absolute Gasteiger partial charge is 0.496 e. The van der Waals surface area contributed by atoms with Crippen LogP contribution in [0.15, 0.2) is 18.2 Å². The van der Waals surface area contributed by atoms with Crippen molar-refractivity contribution in [2.75, 3.05) is 7.11 Å². The van der Waals surface area contributed by atoms with Gasteiger partial charge in [-0.15, -0.1) is 0 Å². The molecular weight excluding hydrogens is 285 g/mol. The van der Waals surface area contributed by atoms with E-state index < -0.39 is 0 Å². The van der Waals surface area contributed by atoms with Gasteiger partial charge in [0.05, 0.1) is 17.2 Å². The monoisotopic (exact) mass is 291 g/mol. The van der Waals surface area contributed by atoms with Crippen LogP contribution in [-0.2, 0) is 0 Å². The molecule has 1 heterocycles. The molecule has 0 radical (unpaired) electrons. The molecule has 1 aromatic heterocycles. The minimum atomic E-state index is 0.908. The number of ether oxygens (including phenoxy) is 1. The standard InChI is InChI=1S/C8H6INOS/c1-11-5-3-2-4-6-7(5)8(9)10-12-6/h2-4H,1H3. The summed E-state index contributed by atoms with van der Waals surface area (Å²) in [4.78, 5) is 0. The fraction of sp³-hybridized carbons (Fsp3) is 0.125. The Balaban J connectivity index is 2.84. The normalized spacial score (nSPS) is 10.5. The molecule has 0 aliphatic rings. The summed E-state index contributed by atoms with van der Waals surface area (Å²) < 4.78 is 11.7. The molecule has 2 nitrogen and oxygen atoms in total. The third-order valence-corrected chi connectivity index (χ3v) is 3.56. The van der Waals surface area contributed by atoms with E-state index in [1.54, 1.807) is 7.11 Å². The van der Waals surface area contributed by atoms with Crippen molar-refractivity contribution in [2.45, 2.75) is 0 Å². The van der Waals surface area contributed by atoms with Crippen molar-refractivity contribution in [1.29, 1.82) is 0 Å². The van der Waals surface area contributed by atoms with E-state index in [1.807, 2.05) is 12.1 Å². The first-order valence-corrected chi connectivity index (χ1v) is 5.26. The molecule has 62 valence electrons. The lowest BCUT2D eigenvalue weighted by atomic mass is 10.2. The molecule has 2 rings (SSSR count). The highest BCUT2D eigenvalue weighted by molar-refractivity contribution is 14.1. The number of hydrogen-bond acceptors (Lipinski definition) is 3. The van der Waals surface area contributed by atoms with Gasteiger partial charge in [-0.2, -0.15) is 4.37 Å². The van der Waals surface area contributed by atoms with Gasteiger partial charge in [0, 0.05) is 0 Å². The second-order valence-corrected chi connectivity index (χ2v) is 4.13. The smallest absolute Gasteiger partial charge is 0.130 e. The third-order valence-electron chi connectivity index (χ3n) is 1.64. The summed E-state index contributed by atoms with van der Waals surface area (Å²) in [5.74, 6) is 0.908. The predicted octanol–water partition coefficient (Wildman–Crippen LogP) is 2.91. The summed E-state index contributed by atoms with van der Waals surface area (Å²) in [6.45, 7) is 0. The van der Waals surface area contributed by atoms with Gasteiger partial charge >= 0.3 is 0 Å². The van der Waals surface area contributed by atoms with Gasteiger partial charge in [0.25, 0.3) is 0 Å². The van der Waals surface area contributed by atoms with Crippen LogP contribution in [0.2, 0.25) is 0 Å². The molecule has 0 aliphatic carbocycles. The van der Waals surface area contributed by atoms with Crippen molar-refractivity contribution >= 4 is 44.2 Å². The van der Waals surface area contributed by atoms with Crippen molar-refractivity contribution in [3.05, 3.63) is 21.9 Å². The molecule has 2 aromatic rings. The zero-order chi connectivity index (χ0) is 8.55. The van der Waals surface area contributed by atoms with Crippen LogP contribution >= 0.6 is 34.1 Å². The van der Waals surface area contributed by atoms with Gasteiger partial charge in [-0.05, 0) is 46.3 Å². The molecule has 12 heavy (non-hydrogen) atoms. The predicted molar refractivity (Wildman–Crippen MR) is 58.9 cm³/mol. The van der Waals surface area contributed by atoms with Crippen LogP contribution < -0.4 is 4.74 Å². The molecule has 1 aromatic carbocycles. The molecule has 0 bridgehead atoms. The SMILES string of the molecule is COc1cccc2snc(I)c12. The van der Waals surface area contributed by atoms with E-state index in [-0.39, 0.29) is 0 Å². The van der Waals surface area contributed by atoms with E-state index in [4.69, 9.17) is 4.74 Å². The van der Waals surface area contributed by atoms with Crippen LogP contribution in [0, 0.1) is 3.70 Å². The highest BCUT2D eigenvalue weighted by atomic mass is 127. The maximum Gasteiger partial charge on any atom is 0.130 e. The summed E-state index contributed by atoms with van der Waals surface area (Å²) in [7, 11) is 1.68. The van der Waals surface area contributed by atoms with Gasteiger partial charge in [-0.1, -0.05) is 6.07 Å². The fourth-order valence-corrected chi connectivity index (χ4v) is 2.83. The van der Waals surface area contributed by atoms with Crippen molar-refractivity contribution in [3.63, 3.8) is 0 Å². The Kier molecular flexibility index (Phi) is 2.18. The Morgan fingerprint density at radius 2 is 2.33 bits per heavy atom. The van der Waals surface area contributed by atoms with Crippen LogP contribution in [-0.4, -0.2) is 11.5 Å². The van der Waals surface area contributed by atoms with Crippen molar-refractivity contribution in [3.8, 4) is 5.75 Å². The van der Waals surface area contributed by atoms with E-state index in [9.17, 15) is 0 Å². The number of aromatic nitrogens is 1. The Morgan fingerprint density at radius 3 is 3.08 bits per heavy atom. The lowest BCUT2D eigenvalue weighted by Crippen LogP contribution is -1.83. The first-order valence-electron chi connectivity index (χ1n) is 3.41. The molecule has 0 fully saturated rings. The maximum absolute atomic E-state index is 5.23. The average Bonchev–Trinajstić information content (AvgIpc) is 2.48. The summed E-state index contributed by atoms with van der Waals surface area (Å²) >= 11 is 3.73. The number of rotatable bonds is 1.